The Morgan fingerprint density at radius 3 is 2.32 bits per heavy atom. The fraction of sp³-hybridized carbons (Fsp3) is 0.417. The van der Waals surface area contributed by atoms with Gasteiger partial charge in [0.15, 0.2) is 0 Å². The van der Waals surface area contributed by atoms with Gasteiger partial charge in [0.05, 0.1) is 12.7 Å². The molecule has 0 bridgehead atoms. The Bertz CT molecular complexity index is 527. The summed E-state index contributed by atoms with van der Waals surface area (Å²) in [5, 5.41) is 8.58. The van der Waals surface area contributed by atoms with Crippen molar-refractivity contribution in [2.75, 3.05) is 19.3 Å². The highest BCUT2D eigenvalue weighted by Crippen LogP contribution is 2.07. The van der Waals surface area contributed by atoms with E-state index in [0.717, 1.165) is 16.1 Å². The monoisotopic (exact) mass is 289 g/mol. The summed E-state index contributed by atoms with van der Waals surface area (Å²) in [6.07, 6.45) is 1.21. The molecule has 0 aliphatic heterocycles. The van der Waals surface area contributed by atoms with Crippen molar-refractivity contribution in [3.63, 3.8) is 0 Å². The predicted octanol–water partition coefficient (Wildman–Crippen LogP) is 1.10. The number of carboxylic acids is 1. The second kappa shape index (κ2) is 6.63. The van der Waals surface area contributed by atoms with Crippen LogP contribution in [0.3, 0.4) is 0 Å². The number of hydrogen-bond acceptors (Lipinski definition) is 3. The van der Waals surface area contributed by atoms with Crippen LogP contribution < -0.4 is 0 Å². The van der Waals surface area contributed by atoms with E-state index in [9.17, 15) is 17.6 Å². The largest absolute Gasteiger partial charge is 0.481 e. The Morgan fingerprint density at radius 2 is 1.84 bits per heavy atom. The van der Waals surface area contributed by atoms with Gasteiger partial charge in [-0.1, -0.05) is 12.1 Å². The second-order valence-electron chi connectivity index (χ2n) is 4.18. The molecule has 0 aromatic heterocycles. The van der Waals surface area contributed by atoms with Crippen molar-refractivity contribution < 1.29 is 22.7 Å². The van der Waals surface area contributed by atoms with Crippen molar-refractivity contribution in [2.45, 2.75) is 12.8 Å². The van der Waals surface area contributed by atoms with Crippen LogP contribution in [0.2, 0.25) is 0 Å². The molecule has 1 N–H and O–H groups in total. The zero-order valence-electron chi connectivity index (χ0n) is 10.5. The summed E-state index contributed by atoms with van der Waals surface area (Å²) in [6, 6.07) is 5.76. The van der Waals surface area contributed by atoms with Gasteiger partial charge >= 0.3 is 5.97 Å². The molecule has 19 heavy (non-hydrogen) atoms. The van der Waals surface area contributed by atoms with Gasteiger partial charge in [-0.25, -0.2) is 17.1 Å². The summed E-state index contributed by atoms with van der Waals surface area (Å²) in [4.78, 5) is 10.5. The molecule has 106 valence electrons. The van der Waals surface area contributed by atoms with Crippen molar-refractivity contribution in [1.82, 2.24) is 4.31 Å². The first-order valence-electron chi connectivity index (χ1n) is 5.70. The lowest BCUT2D eigenvalue weighted by atomic mass is 10.1. The predicted molar refractivity (Wildman–Crippen MR) is 68.8 cm³/mol. The van der Waals surface area contributed by atoms with Gasteiger partial charge in [0.25, 0.3) is 0 Å². The first-order chi connectivity index (χ1) is 8.79. The normalized spacial score (nSPS) is 11.7. The summed E-state index contributed by atoms with van der Waals surface area (Å²) in [5.41, 5.74) is 0.797. The zero-order valence-corrected chi connectivity index (χ0v) is 11.4. The molecule has 0 fully saturated rings. The molecule has 7 heteroatoms. The van der Waals surface area contributed by atoms with Gasteiger partial charge in [0.2, 0.25) is 10.0 Å². The van der Waals surface area contributed by atoms with Crippen LogP contribution in [0.1, 0.15) is 12.0 Å². The van der Waals surface area contributed by atoms with Crippen LogP contribution in [-0.4, -0.2) is 43.1 Å². The van der Waals surface area contributed by atoms with Crippen LogP contribution in [0.4, 0.5) is 4.39 Å². The minimum Gasteiger partial charge on any atom is -0.481 e. The van der Waals surface area contributed by atoms with Crippen molar-refractivity contribution in [3.8, 4) is 0 Å². The number of halogens is 1. The van der Waals surface area contributed by atoms with Crippen molar-refractivity contribution in [2.24, 2.45) is 0 Å². The van der Waals surface area contributed by atoms with Crippen LogP contribution >= 0.6 is 0 Å². The number of carboxylic acid groups (broad SMARTS) is 1. The summed E-state index contributed by atoms with van der Waals surface area (Å²) in [5.74, 6) is -1.40. The van der Waals surface area contributed by atoms with Crippen molar-refractivity contribution in [3.05, 3.63) is 35.6 Å². The van der Waals surface area contributed by atoms with E-state index >= 15 is 0 Å². The van der Waals surface area contributed by atoms with Crippen LogP contribution in [0, 0.1) is 5.82 Å². The third-order valence-electron chi connectivity index (χ3n) is 2.61. The van der Waals surface area contributed by atoms with Gasteiger partial charge in [-0.3, -0.25) is 4.79 Å². The van der Waals surface area contributed by atoms with E-state index < -0.39 is 16.0 Å². The van der Waals surface area contributed by atoms with Gasteiger partial charge in [-0.05, 0) is 24.1 Å². The zero-order chi connectivity index (χ0) is 14.5. The van der Waals surface area contributed by atoms with Gasteiger partial charge in [0, 0.05) is 13.1 Å². The van der Waals surface area contributed by atoms with Gasteiger partial charge in [-0.15, -0.1) is 0 Å². The Balaban J connectivity index is 2.63. The topological polar surface area (TPSA) is 74.7 Å². The molecule has 0 heterocycles. The molecule has 0 radical (unpaired) electrons. The molecule has 0 aliphatic carbocycles. The highest BCUT2D eigenvalue weighted by atomic mass is 32.2. The standard InChI is InChI=1S/C12H16FNO4S/c1-19(17,18)14(9-7-12(15)16)8-6-10-2-4-11(13)5-3-10/h2-5H,6-9H2,1H3,(H,15,16). The first-order valence-corrected chi connectivity index (χ1v) is 7.55. The van der Waals surface area contributed by atoms with Crippen LogP contribution in [0.25, 0.3) is 0 Å². The molecular formula is C12H16FNO4S. The van der Waals surface area contributed by atoms with Gasteiger partial charge < -0.3 is 5.11 Å². The lowest BCUT2D eigenvalue weighted by molar-refractivity contribution is -0.137. The third-order valence-corrected chi connectivity index (χ3v) is 3.91. The first kappa shape index (κ1) is 15.6. The lowest BCUT2D eigenvalue weighted by Gasteiger charge is -2.18. The fourth-order valence-electron chi connectivity index (χ4n) is 1.57. The SMILES string of the molecule is CS(=O)(=O)N(CCC(=O)O)CCc1ccc(F)cc1. The number of nitrogens with zero attached hydrogens (tertiary/aromatic N) is 1. The van der Waals surface area contributed by atoms with E-state index in [4.69, 9.17) is 5.11 Å². The van der Waals surface area contributed by atoms with E-state index in [1.165, 1.54) is 12.1 Å². The number of carbonyl (C=O) groups is 1. The fourth-order valence-corrected chi connectivity index (χ4v) is 2.41. The van der Waals surface area contributed by atoms with E-state index in [1.807, 2.05) is 0 Å². The number of hydrogen-bond donors (Lipinski definition) is 1. The summed E-state index contributed by atoms with van der Waals surface area (Å²) in [7, 11) is -3.44. The molecule has 0 saturated heterocycles. The minimum absolute atomic E-state index is 0.0602. The van der Waals surface area contributed by atoms with E-state index in [0.29, 0.717) is 6.42 Å². The summed E-state index contributed by atoms with van der Waals surface area (Å²) in [6.45, 7) is 0.118. The Morgan fingerprint density at radius 1 is 1.26 bits per heavy atom. The Kier molecular flexibility index (Phi) is 5.44. The lowest BCUT2D eigenvalue weighted by Crippen LogP contribution is -2.33. The molecule has 0 spiro atoms. The molecule has 0 saturated carbocycles. The maximum atomic E-state index is 12.7. The quantitative estimate of drug-likeness (QED) is 0.816. The molecule has 5 nitrogen and oxygen atoms in total. The molecule has 0 atom stereocenters. The molecule has 0 aliphatic rings. The number of benzene rings is 1. The maximum absolute atomic E-state index is 12.7. The minimum atomic E-state index is -3.44. The van der Waals surface area contributed by atoms with Crippen molar-refractivity contribution in [1.29, 1.82) is 0 Å². The second-order valence-corrected chi connectivity index (χ2v) is 6.16. The van der Waals surface area contributed by atoms with E-state index in [-0.39, 0.29) is 25.3 Å². The highest BCUT2D eigenvalue weighted by molar-refractivity contribution is 7.88. The molecule has 1 aromatic carbocycles. The summed E-state index contributed by atoms with van der Waals surface area (Å²) < 4.78 is 36.8. The maximum Gasteiger partial charge on any atom is 0.304 e. The van der Waals surface area contributed by atoms with Gasteiger partial charge in [-0.2, -0.15) is 0 Å². The third kappa shape index (κ3) is 5.80. The van der Waals surface area contributed by atoms with Gasteiger partial charge in [0.1, 0.15) is 5.82 Å². The highest BCUT2D eigenvalue weighted by Gasteiger charge is 2.17. The Hall–Kier alpha value is -1.47. The Labute approximate surface area is 111 Å². The number of aliphatic carboxylic acids is 1. The summed E-state index contributed by atoms with van der Waals surface area (Å²) >= 11 is 0. The molecule has 0 unspecified atom stereocenters. The smallest absolute Gasteiger partial charge is 0.304 e. The average Bonchev–Trinajstić information content (AvgIpc) is 2.29. The van der Waals surface area contributed by atoms with Crippen LogP contribution in [-0.2, 0) is 21.2 Å². The average molecular weight is 289 g/mol. The number of rotatable bonds is 7. The van der Waals surface area contributed by atoms with Crippen LogP contribution in [0.15, 0.2) is 24.3 Å². The number of sulfonamides is 1. The van der Waals surface area contributed by atoms with Crippen LogP contribution in [0.5, 0.6) is 0 Å². The van der Waals surface area contributed by atoms with Crippen molar-refractivity contribution >= 4 is 16.0 Å². The molecular weight excluding hydrogens is 273 g/mol. The molecule has 0 amide bonds. The molecule has 1 aromatic rings. The van der Waals surface area contributed by atoms with E-state index in [2.05, 4.69) is 0 Å². The van der Waals surface area contributed by atoms with E-state index in [1.54, 1.807) is 12.1 Å². The molecule has 1 rings (SSSR count).